The van der Waals surface area contributed by atoms with Gasteiger partial charge in [0.25, 0.3) is 0 Å². The largest absolute Gasteiger partial charge is 0.461 e. The van der Waals surface area contributed by atoms with Gasteiger partial charge in [-0.1, -0.05) is 52.3 Å². The minimum Gasteiger partial charge on any atom is -0.461 e. The first-order valence-corrected chi connectivity index (χ1v) is 7.91. The predicted molar refractivity (Wildman–Crippen MR) is 85.2 cm³/mol. The van der Waals surface area contributed by atoms with Crippen LogP contribution in [0.5, 0.6) is 0 Å². The molecule has 0 aliphatic rings. The summed E-state index contributed by atoms with van der Waals surface area (Å²) in [4.78, 5) is 12.1. The molecule has 2 unspecified atom stereocenters. The molecule has 0 bridgehead atoms. The van der Waals surface area contributed by atoms with E-state index in [0.29, 0.717) is 5.56 Å². The summed E-state index contributed by atoms with van der Waals surface area (Å²) in [6, 6.07) is 8.99. The van der Waals surface area contributed by atoms with Gasteiger partial charge in [-0.05, 0) is 30.9 Å². The lowest BCUT2D eigenvalue weighted by Crippen LogP contribution is -2.42. The number of esters is 1. The first-order chi connectivity index (χ1) is 10.0. The van der Waals surface area contributed by atoms with E-state index in [-0.39, 0.29) is 23.9 Å². The van der Waals surface area contributed by atoms with Crippen molar-refractivity contribution in [3.05, 3.63) is 35.9 Å². The smallest absolute Gasteiger partial charge is 0.338 e. The Hall–Kier alpha value is -1.35. The molecule has 0 amide bonds. The molecule has 0 spiro atoms. The standard InChI is InChI=1S/C18H28O3/c1-5-14(4)16(19)18(6-2,7-3)13-21-17(20)15-11-9-8-10-12-15/h8-12,14,16,19H,5-7,13H2,1-4H3. The molecule has 0 saturated heterocycles. The van der Waals surface area contributed by atoms with E-state index < -0.39 is 6.10 Å². The summed E-state index contributed by atoms with van der Waals surface area (Å²) < 4.78 is 5.49. The van der Waals surface area contributed by atoms with Crippen molar-refractivity contribution in [3.8, 4) is 0 Å². The summed E-state index contributed by atoms with van der Waals surface area (Å²) in [6.07, 6.45) is 2.03. The van der Waals surface area contributed by atoms with Crippen LogP contribution in [0.3, 0.4) is 0 Å². The van der Waals surface area contributed by atoms with Gasteiger partial charge in [0, 0.05) is 5.41 Å². The summed E-state index contributed by atoms with van der Waals surface area (Å²) in [5.74, 6) is -0.126. The van der Waals surface area contributed by atoms with Gasteiger partial charge < -0.3 is 9.84 Å². The molecule has 21 heavy (non-hydrogen) atoms. The normalized spacial score (nSPS) is 14.5. The van der Waals surface area contributed by atoms with Crippen molar-refractivity contribution in [1.29, 1.82) is 0 Å². The maximum Gasteiger partial charge on any atom is 0.338 e. The third-order valence-electron chi connectivity index (χ3n) is 4.72. The Balaban J connectivity index is 2.77. The number of aliphatic hydroxyl groups excluding tert-OH is 1. The van der Waals surface area contributed by atoms with Gasteiger partial charge in [0.15, 0.2) is 0 Å². The summed E-state index contributed by atoms with van der Waals surface area (Å²) >= 11 is 0. The summed E-state index contributed by atoms with van der Waals surface area (Å²) in [5.41, 5.74) is 0.191. The molecule has 0 aliphatic carbocycles. The van der Waals surface area contributed by atoms with Crippen LogP contribution in [0.25, 0.3) is 0 Å². The van der Waals surface area contributed by atoms with Crippen LogP contribution in [0.15, 0.2) is 30.3 Å². The number of rotatable bonds is 8. The number of aliphatic hydroxyl groups is 1. The van der Waals surface area contributed by atoms with Crippen LogP contribution < -0.4 is 0 Å². The zero-order valence-electron chi connectivity index (χ0n) is 13.6. The van der Waals surface area contributed by atoms with Gasteiger partial charge >= 0.3 is 5.97 Å². The number of benzene rings is 1. The average Bonchev–Trinajstić information content (AvgIpc) is 2.55. The second kappa shape index (κ2) is 8.18. The lowest BCUT2D eigenvalue weighted by atomic mass is 9.72. The zero-order chi connectivity index (χ0) is 15.9. The molecule has 118 valence electrons. The van der Waals surface area contributed by atoms with Gasteiger partial charge in [0.05, 0.1) is 18.3 Å². The number of hydrogen-bond acceptors (Lipinski definition) is 3. The topological polar surface area (TPSA) is 46.5 Å². The molecule has 3 nitrogen and oxygen atoms in total. The third kappa shape index (κ3) is 4.31. The van der Waals surface area contributed by atoms with Crippen molar-refractivity contribution >= 4 is 5.97 Å². The van der Waals surface area contributed by atoms with Crippen molar-refractivity contribution in [2.24, 2.45) is 11.3 Å². The first kappa shape index (κ1) is 17.7. The average molecular weight is 292 g/mol. The van der Waals surface area contributed by atoms with Gasteiger partial charge in [-0.3, -0.25) is 0 Å². The molecule has 2 atom stereocenters. The van der Waals surface area contributed by atoms with E-state index in [2.05, 4.69) is 6.92 Å². The van der Waals surface area contributed by atoms with Crippen molar-refractivity contribution in [3.63, 3.8) is 0 Å². The molecule has 0 fully saturated rings. The number of hydrogen-bond donors (Lipinski definition) is 1. The van der Waals surface area contributed by atoms with Gasteiger partial charge in [0.2, 0.25) is 0 Å². The molecule has 0 saturated carbocycles. The van der Waals surface area contributed by atoms with Crippen molar-refractivity contribution in [1.82, 2.24) is 0 Å². The minimum absolute atomic E-state index is 0.195. The highest BCUT2D eigenvalue weighted by molar-refractivity contribution is 5.89. The van der Waals surface area contributed by atoms with E-state index in [1.165, 1.54) is 0 Å². The maximum atomic E-state index is 12.1. The SMILES string of the molecule is CCC(C)C(O)C(CC)(CC)COC(=O)c1ccccc1. The molecular formula is C18H28O3. The molecule has 0 radical (unpaired) electrons. The molecule has 0 aliphatic heterocycles. The van der Waals surface area contributed by atoms with Crippen LogP contribution in [0, 0.1) is 11.3 Å². The lowest BCUT2D eigenvalue weighted by Gasteiger charge is -2.38. The van der Waals surface area contributed by atoms with Crippen LogP contribution in [-0.4, -0.2) is 23.8 Å². The quantitative estimate of drug-likeness (QED) is 0.735. The van der Waals surface area contributed by atoms with Crippen LogP contribution in [0.1, 0.15) is 57.3 Å². The second-order valence-corrected chi connectivity index (χ2v) is 5.84. The molecule has 1 aromatic rings. The van der Waals surface area contributed by atoms with E-state index >= 15 is 0 Å². The van der Waals surface area contributed by atoms with Crippen LogP contribution in [0.4, 0.5) is 0 Å². The third-order valence-corrected chi connectivity index (χ3v) is 4.72. The van der Waals surface area contributed by atoms with Crippen molar-refractivity contribution < 1.29 is 14.6 Å². The van der Waals surface area contributed by atoms with Gasteiger partial charge in [0.1, 0.15) is 0 Å². The Labute approximate surface area is 128 Å². The summed E-state index contributed by atoms with van der Waals surface area (Å²) in [6.45, 7) is 8.47. The second-order valence-electron chi connectivity index (χ2n) is 5.84. The van der Waals surface area contributed by atoms with Gasteiger partial charge in [-0.15, -0.1) is 0 Å². The molecule has 1 aromatic carbocycles. The highest BCUT2D eigenvalue weighted by atomic mass is 16.5. The zero-order valence-corrected chi connectivity index (χ0v) is 13.6. The van der Waals surface area contributed by atoms with Crippen molar-refractivity contribution in [2.45, 2.75) is 53.1 Å². The highest BCUT2D eigenvalue weighted by Gasteiger charge is 2.38. The minimum atomic E-state index is -0.457. The summed E-state index contributed by atoms with van der Waals surface area (Å²) in [7, 11) is 0. The van der Waals surface area contributed by atoms with Crippen LogP contribution >= 0.6 is 0 Å². The molecule has 0 heterocycles. The Kier molecular flexibility index (Phi) is 6.90. The maximum absolute atomic E-state index is 12.1. The summed E-state index contributed by atoms with van der Waals surface area (Å²) in [5, 5.41) is 10.6. The molecule has 1 rings (SSSR count). The van der Waals surface area contributed by atoms with E-state index in [9.17, 15) is 9.90 Å². The van der Waals surface area contributed by atoms with Gasteiger partial charge in [-0.2, -0.15) is 0 Å². The van der Waals surface area contributed by atoms with E-state index in [1.807, 2.05) is 39.0 Å². The Morgan fingerprint density at radius 2 is 1.76 bits per heavy atom. The van der Waals surface area contributed by atoms with Gasteiger partial charge in [-0.25, -0.2) is 4.79 Å². The number of ether oxygens (including phenoxy) is 1. The van der Waals surface area contributed by atoms with E-state index in [0.717, 1.165) is 19.3 Å². The fraction of sp³-hybridized carbons (Fsp3) is 0.611. The first-order valence-electron chi connectivity index (χ1n) is 7.91. The Bertz CT molecular complexity index is 423. The molecule has 3 heteroatoms. The Morgan fingerprint density at radius 3 is 2.24 bits per heavy atom. The molecular weight excluding hydrogens is 264 g/mol. The van der Waals surface area contributed by atoms with E-state index in [4.69, 9.17) is 4.74 Å². The molecule has 1 N–H and O–H groups in total. The van der Waals surface area contributed by atoms with Crippen LogP contribution in [-0.2, 0) is 4.74 Å². The highest BCUT2D eigenvalue weighted by Crippen LogP contribution is 2.36. The molecule has 0 aromatic heterocycles. The fourth-order valence-corrected chi connectivity index (χ4v) is 2.65. The lowest BCUT2D eigenvalue weighted by molar-refractivity contribution is -0.0612. The van der Waals surface area contributed by atoms with Crippen LogP contribution in [0.2, 0.25) is 0 Å². The predicted octanol–water partition coefficient (Wildman–Crippen LogP) is 4.06. The van der Waals surface area contributed by atoms with E-state index in [1.54, 1.807) is 12.1 Å². The van der Waals surface area contributed by atoms with Crippen molar-refractivity contribution in [2.75, 3.05) is 6.61 Å². The number of carbonyl (C=O) groups is 1. The Morgan fingerprint density at radius 1 is 1.19 bits per heavy atom. The number of carbonyl (C=O) groups excluding carboxylic acids is 1. The fourth-order valence-electron chi connectivity index (χ4n) is 2.65. The monoisotopic (exact) mass is 292 g/mol.